The molecule has 0 aliphatic rings. The summed E-state index contributed by atoms with van der Waals surface area (Å²) in [5, 5.41) is 20.8. The van der Waals surface area contributed by atoms with Crippen LogP contribution in [0.25, 0.3) is 220 Å². The zero-order valence-electron chi connectivity index (χ0n) is 58.7. The third-order valence-electron chi connectivity index (χ3n) is 23.3. The highest BCUT2D eigenvalue weighted by atomic mass is 15.0. The lowest BCUT2D eigenvalue weighted by molar-refractivity contribution is 1.18. The van der Waals surface area contributed by atoms with Gasteiger partial charge in [-0.1, -0.05) is 291 Å². The number of nitrogens with zero attached hydrogens (tertiary/aromatic N) is 4. The molecule has 0 N–H and O–H groups in total. The highest BCUT2D eigenvalue weighted by molar-refractivity contribution is 6.33. The Bertz CT molecular complexity index is 7150. The van der Waals surface area contributed by atoms with E-state index in [1.165, 1.54) is 220 Å². The lowest BCUT2D eigenvalue weighted by Gasteiger charge is -2.14. The molecule has 4 heterocycles. The molecule has 4 heteroatoms. The Balaban J connectivity index is 0.000000130. The van der Waals surface area contributed by atoms with Crippen molar-refractivity contribution in [3.05, 3.63) is 388 Å². The van der Waals surface area contributed by atoms with Gasteiger partial charge in [0.15, 0.2) is 0 Å². The molecule has 20 aromatic carbocycles. The predicted molar refractivity (Wildman–Crippen MR) is 458 cm³/mol. The minimum absolute atomic E-state index is 1.17. The fraction of sp³-hybridized carbons (Fsp3) is 0. The molecule has 24 aromatic rings. The van der Waals surface area contributed by atoms with Gasteiger partial charge in [0.1, 0.15) is 0 Å². The zero-order chi connectivity index (χ0) is 70.7. The third-order valence-corrected chi connectivity index (χ3v) is 23.3. The van der Waals surface area contributed by atoms with Gasteiger partial charge < -0.3 is 18.3 Å². The second-order valence-electron chi connectivity index (χ2n) is 29.0. The molecule has 0 unspecified atom stereocenters. The number of benzene rings is 20. The summed E-state index contributed by atoms with van der Waals surface area (Å²) in [6, 6.07) is 143. The second-order valence-corrected chi connectivity index (χ2v) is 29.0. The zero-order valence-corrected chi connectivity index (χ0v) is 58.7. The summed E-state index contributed by atoms with van der Waals surface area (Å²) in [6.45, 7) is 0. The number of aromatic nitrogens is 4. The van der Waals surface area contributed by atoms with Crippen LogP contribution in [-0.4, -0.2) is 18.3 Å². The van der Waals surface area contributed by atoms with Gasteiger partial charge in [-0.3, -0.25) is 0 Å². The summed E-state index contributed by atoms with van der Waals surface area (Å²) in [7, 11) is 0. The van der Waals surface area contributed by atoms with E-state index in [2.05, 4.69) is 407 Å². The molecule has 108 heavy (non-hydrogen) atoms. The molecule has 0 aliphatic heterocycles. The molecule has 4 nitrogen and oxygen atoms in total. The summed E-state index contributed by atoms with van der Waals surface area (Å²) in [6.07, 6.45) is 0. The molecule has 0 amide bonds. The summed E-state index contributed by atoms with van der Waals surface area (Å²) < 4.78 is 9.80. The van der Waals surface area contributed by atoms with Gasteiger partial charge in [-0.2, -0.15) is 0 Å². The summed E-state index contributed by atoms with van der Waals surface area (Å²) in [5.74, 6) is 0. The van der Waals surface area contributed by atoms with E-state index in [9.17, 15) is 0 Å². The van der Waals surface area contributed by atoms with Crippen LogP contribution in [0.1, 0.15) is 0 Å². The van der Waals surface area contributed by atoms with Crippen LogP contribution >= 0.6 is 0 Å². The van der Waals surface area contributed by atoms with Crippen LogP contribution < -0.4 is 0 Å². The van der Waals surface area contributed by atoms with Gasteiger partial charge in [-0.05, 0) is 207 Å². The standard InChI is InChI=1S/2C52H32N2/c1-3-11-33(12-4-1)37-17-7-19-39(31-37)53-45-21-9-15-35-23-25-43-41(27-29-47(53)51(43)49(35)45)42-28-30-48-52-44(42)26-24-36-16-10-22-46(50(36)52)54(48)40-20-8-18-38(32-40)34-13-5-2-6-14-34;1-3-9-33(10-4-1)35-17-23-39(24-18-35)53-45-15-7-13-37-21-27-43-41(29-31-47(53)51(43)49(37)45)42-30-32-48-52-44(42)28-22-38-14-8-16-46(50(38)52)54(48)40-25-19-36(20-26-40)34-11-5-2-6-12-34/h2*1-32H. The highest BCUT2D eigenvalue weighted by Gasteiger charge is 2.26. The monoisotopic (exact) mass is 1370 g/mol. The normalized spacial score (nSPS) is 12.1. The summed E-state index contributed by atoms with van der Waals surface area (Å²) in [4.78, 5) is 0. The van der Waals surface area contributed by atoms with Crippen LogP contribution in [0.2, 0.25) is 0 Å². The summed E-state index contributed by atoms with van der Waals surface area (Å²) in [5.41, 5.74) is 29.4. The smallest absolute Gasteiger partial charge is 0.0547 e. The minimum Gasteiger partial charge on any atom is -0.309 e. The molecular formula is C104H64N4. The number of rotatable bonds is 10. The van der Waals surface area contributed by atoms with E-state index in [1.54, 1.807) is 0 Å². The largest absolute Gasteiger partial charge is 0.309 e. The minimum atomic E-state index is 1.17. The van der Waals surface area contributed by atoms with Crippen molar-refractivity contribution in [2.45, 2.75) is 0 Å². The first-order valence-electron chi connectivity index (χ1n) is 37.4. The fourth-order valence-electron chi connectivity index (χ4n) is 18.6. The Kier molecular flexibility index (Phi) is 13.1. The van der Waals surface area contributed by atoms with Crippen molar-refractivity contribution in [3.63, 3.8) is 0 Å². The van der Waals surface area contributed by atoms with E-state index in [-0.39, 0.29) is 0 Å². The molecule has 0 saturated heterocycles. The van der Waals surface area contributed by atoms with Crippen molar-refractivity contribution in [2.75, 3.05) is 0 Å². The first-order chi connectivity index (χ1) is 53.6. The van der Waals surface area contributed by atoms with Crippen LogP contribution in [0.5, 0.6) is 0 Å². The van der Waals surface area contributed by atoms with Gasteiger partial charge in [-0.25, -0.2) is 0 Å². The topological polar surface area (TPSA) is 19.7 Å². The molecule has 0 spiro atoms. The first-order valence-corrected chi connectivity index (χ1v) is 37.4. The molecule has 0 bridgehead atoms. The number of hydrogen-bond donors (Lipinski definition) is 0. The van der Waals surface area contributed by atoms with Crippen molar-refractivity contribution in [1.29, 1.82) is 0 Å². The van der Waals surface area contributed by atoms with Gasteiger partial charge in [0.25, 0.3) is 0 Å². The van der Waals surface area contributed by atoms with Crippen LogP contribution in [-0.2, 0) is 0 Å². The fourth-order valence-corrected chi connectivity index (χ4v) is 18.6. The average molecular weight is 1370 g/mol. The van der Waals surface area contributed by atoms with E-state index in [0.717, 1.165) is 0 Å². The van der Waals surface area contributed by atoms with E-state index in [4.69, 9.17) is 0 Å². The molecule has 500 valence electrons. The molecule has 0 radical (unpaired) electrons. The predicted octanol–water partition coefficient (Wildman–Crippen LogP) is 28.1. The molecular weight excluding hydrogens is 1310 g/mol. The lowest BCUT2D eigenvalue weighted by Crippen LogP contribution is -1.95. The molecule has 0 fully saturated rings. The Morgan fingerprint density at radius 2 is 0.361 bits per heavy atom. The maximum absolute atomic E-state index is 2.46. The Morgan fingerprint density at radius 3 is 0.648 bits per heavy atom. The third kappa shape index (κ3) is 8.98. The average Bonchev–Trinajstić information content (AvgIpc) is 1.55. The first kappa shape index (κ1) is 60.1. The molecule has 0 saturated carbocycles. The summed E-state index contributed by atoms with van der Waals surface area (Å²) >= 11 is 0. The van der Waals surface area contributed by atoms with Gasteiger partial charge in [0.05, 0.1) is 44.1 Å². The van der Waals surface area contributed by atoms with Crippen molar-refractivity contribution >= 4 is 130 Å². The Labute approximate surface area is 622 Å². The van der Waals surface area contributed by atoms with Crippen molar-refractivity contribution in [2.24, 2.45) is 0 Å². The highest BCUT2D eigenvalue weighted by Crippen LogP contribution is 2.50. The van der Waals surface area contributed by atoms with Gasteiger partial charge >= 0.3 is 0 Å². The maximum Gasteiger partial charge on any atom is 0.0547 e. The Morgan fingerprint density at radius 1 is 0.130 bits per heavy atom. The van der Waals surface area contributed by atoms with Crippen LogP contribution in [0.4, 0.5) is 0 Å². The molecule has 24 rings (SSSR count). The van der Waals surface area contributed by atoms with Gasteiger partial charge in [-0.15, -0.1) is 0 Å². The van der Waals surface area contributed by atoms with E-state index in [0.29, 0.717) is 0 Å². The number of hydrogen-bond acceptors (Lipinski definition) is 0. The van der Waals surface area contributed by atoms with Crippen molar-refractivity contribution in [1.82, 2.24) is 18.3 Å². The molecule has 0 atom stereocenters. The molecule has 4 aromatic heterocycles. The van der Waals surface area contributed by atoms with E-state index in [1.807, 2.05) is 0 Å². The maximum atomic E-state index is 2.46. The molecule has 0 aliphatic carbocycles. The second kappa shape index (κ2) is 23.6. The van der Waals surface area contributed by atoms with Crippen LogP contribution in [0.3, 0.4) is 0 Å². The van der Waals surface area contributed by atoms with E-state index < -0.39 is 0 Å². The van der Waals surface area contributed by atoms with Gasteiger partial charge in [0, 0.05) is 65.8 Å². The SMILES string of the molecule is c1ccc(-c2ccc(-n3c4cccc5ccc6c(-c7ccc8c9c7ccc7cccc(c79)n8-c7ccc(-c8ccccc8)cc7)ccc3c6c54)cc2)cc1.c1ccc(-c2cccc(-n3c4cccc5ccc6c(-c7ccc8c9c7ccc7cccc(c79)n8-c7cccc(-c8ccccc8)c7)ccc3c6c54)c2)cc1. The van der Waals surface area contributed by atoms with Crippen LogP contribution in [0, 0.1) is 0 Å². The van der Waals surface area contributed by atoms with Gasteiger partial charge in [0.2, 0.25) is 0 Å². The van der Waals surface area contributed by atoms with Crippen molar-refractivity contribution in [3.8, 4) is 89.5 Å². The van der Waals surface area contributed by atoms with E-state index >= 15 is 0 Å². The van der Waals surface area contributed by atoms with Crippen molar-refractivity contribution < 1.29 is 0 Å². The quantitative estimate of drug-likeness (QED) is 0.122. The van der Waals surface area contributed by atoms with Crippen LogP contribution in [0.15, 0.2) is 388 Å². The lowest BCUT2D eigenvalue weighted by atomic mass is 9.90. The Hall–Kier alpha value is -14.3.